The fraction of sp³-hybridized carbons (Fsp3) is 0.118. The van der Waals surface area contributed by atoms with Gasteiger partial charge in [-0.2, -0.15) is 0 Å². The Bertz CT molecular complexity index is 976. The first-order valence-corrected chi connectivity index (χ1v) is 7.05. The number of aryl methyl sites for hydroxylation is 2. The number of aromatic nitrogens is 2. The monoisotopic (exact) mass is 309 g/mol. The van der Waals surface area contributed by atoms with Gasteiger partial charge in [0, 0.05) is 12.4 Å². The van der Waals surface area contributed by atoms with Crippen LogP contribution in [0.3, 0.4) is 0 Å². The van der Waals surface area contributed by atoms with Gasteiger partial charge in [0.2, 0.25) is 0 Å². The molecule has 2 aromatic heterocycles. The van der Waals surface area contributed by atoms with Crippen molar-refractivity contribution in [3.05, 3.63) is 69.8 Å². The first kappa shape index (κ1) is 14.8. The number of hydrogen-bond acceptors (Lipinski definition) is 4. The van der Waals surface area contributed by atoms with Gasteiger partial charge in [-0.1, -0.05) is 12.1 Å². The number of phenolic OH excluding ortho intramolecular Hbond substituents is 1. The molecule has 6 nitrogen and oxygen atoms in total. The van der Waals surface area contributed by atoms with E-state index in [0.717, 1.165) is 11.1 Å². The van der Waals surface area contributed by atoms with Crippen LogP contribution in [0.15, 0.2) is 47.5 Å². The molecule has 0 fully saturated rings. The lowest BCUT2D eigenvalue weighted by atomic mass is 10.2. The number of nitrogens with one attached hydrogen (secondary N) is 1. The number of aromatic hydroxyl groups is 1. The standard InChI is InChI=1S/C17H15N3O3/c1-10-3-5-13(14(21)7-10)19-16(22)12-8-18-15-6-4-11(2)9-20(15)17(12)23/h3-9,21H,1-2H3,(H,19,22). The van der Waals surface area contributed by atoms with Gasteiger partial charge in [-0.3, -0.25) is 14.0 Å². The van der Waals surface area contributed by atoms with Gasteiger partial charge in [0.1, 0.15) is 17.0 Å². The summed E-state index contributed by atoms with van der Waals surface area (Å²) in [5.41, 5.74) is 1.92. The third kappa shape index (κ3) is 2.78. The Balaban J connectivity index is 2.01. The molecular weight excluding hydrogens is 294 g/mol. The van der Waals surface area contributed by atoms with E-state index in [9.17, 15) is 14.7 Å². The topological polar surface area (TPSA) is 83.7 Å². The number of phenols is 1. The van der Waals surface area contributed by atoms with E-state index in [1.807, 2.05) is 19.9 Å². The van der Waals surface area contributed by atoms with Crippen molar-refractivity contribution in [2.75, 3.05) is 5.32 Å². The van der Waals surface area contributed by atoms with Crippen LogP contribution in [-0.2, 0) is 0 Å². The average Bonchev–Trinajstić information content (AvgIpc) is 2.51. The van der Waals surface area contributed by atoms with Gasteiger partial charge in [-0.25, -0.2) is 4.98 Å². The molecule has 2 heterocycles. The Labute approximate surface area is 132 Å². The Morgan fingerprint density at radius 1 is 1.17 bits per heavy atom. The number of rotatable bonds is 2. The van der Waals surface area contributed by atoms with Crippen LogP contribution in [0.2, 0.25) is 0 Å². The lowest BCUT2D eigenvalue weighted by molar-refractivity contribution is 0.102. The van der Waals surface area contributed by atoms with Crippen LogP contribution in [0, 0.1) is 13.8 Å². The summed E-state index contributed by atoms with van der Waals surface area (Å²) in [6, 6.07) is 8.42. The van der Waals surface area contributed by atoms with Crippen molar-refractivity contribution in [3.8, 4) is 5.75 Å². The van der Waals surface area contributed by atoms with Crippen molar-refractivity contribution < 1.29 is 9.90 Å². The van der Waals surface area contributed by atoms with Crippen LogP contribution in [0.25, 0.3) is 5.65 Å². The minimum atomic E-state index is -0.613. The molecule has 3 rings (SSSR count). The van der Waals surface area contributed by atoms with E-state index < -0.39 is 11.5 Å². The Kier molecular flexibility index (Phi) is 3.57. The van der Waals surface area contributed by atoms with Crippen LogP contribution in [-0.4, -0.2) is 20.4 Å². The molecule has 3 aromatic rings. The van der Waals surface area contributed by atoms with Crippen LogP contribution in [0.4, 0.5) is 5.69 Å². The van der Waals surface area contributed by atoms with E-state index in [2.05, 4.69) is 10.3 Å². The molecule has 1 amide bonds. The number of carbonyl (C=O) groups excluding carboxylic acids is 1. The van der Waals surface area contributed by atoms with Gasteiger partial charge < -0.3 is 10.4 Å². The lowest BCUT2D eigenvalue weighted by Gasteiger charge is -2.08. The van der Waals surface area contributed by atoms with Crippen molar-refractivity contribution >= 4 is 17.2 Å². The number of benzene rings is 1. The molecule has 0 radical (unpaired) electrons. The third-order valence-electron chi connectivity index (χ3n) is 3.50. The molecule has 0 unspecified atom stereocenters. The zero-order chi connectivity index (χ0) is 16.6. The highest BCUT2D eigenvalue weighted by molar-refractivity contribution is 6.04. The molecule has 0 aliphatic carbocycles. The minimum Gasteiger partial charge on any atom is -0.506 e. The van der Waals surface area contributed by atoms with Gasteiger partial charge in [0.05, 0.1) is 5.69 Å². The molecule has 0 atom stereocenters. The molecule has 0 saturated carbocycles. The van der Waals surface area contributed by atoms with Gasteiger partial charge in [-0.15, -0.1) is 0 Å². The van der Waals surface area contributed by atoms with Gasteiger partial charge in [0.15, 0.2) is 0 Å². The number of anilines is 1. The lowest BCUT2D eigenvalue weighted by Crippen LogP contribution is -2.26. The third-order valence-corrected chi connectivity index (χ3v) is 3.50. The minimum absolute atomic E-state index is 0.0527. The van der Waals surface area contributed by atoms with Crippen molar-refractivity contribution in [1.29, 1.82) is 0 Å². The molecular formula is C17H15N3O3. The quantitative estimate of drug-likeness (QED) is 0.711. The number of nitrogens with zero attached hydrogens (tertiary/aromatic N) is 2. The maximum atomic E-state index is 12.5. The first-order valence-electron chi connectivity index (χ1n) is 7.05. The highest BCUT2D eigenvalue weighted by Gasteiger charge is 2.15. The average molecular weight is 309 g/mol. The fourth-order valence-electron chi connectivity index (χ4n) is 2.28. The van der Waals surface area contributed by atoms with E-state index in [1.165, 1.54) is 16.7 Å². The van der Waals surface area contributed by atoms with E-state index in [4.69, 9.17) is 0 Å². The number of pyridine rings is 1. The maximum absolute atomic E-state index is 12.5. The molecule has 0 bridgehead atoms. The second-order valence-electron chi connectivity index (χ2n) is 5.39. The summed E-state index contributed by atoms with van der Waals surface area (Å²) in [5.74, 6) is -0.666. The van der Waals surface area contributed by atoms with E-state index in [0.29, 0.717) is 5.65 Å². The van der Waals surface area contributed by atoms with E-state index in [-0.39, 0.29) is 17.0 Å². The predicted molar refractivity (Wildman–Crippen MR) is 87.0 cm³/mol. The number of carbonyl (C=O) groups is 1. The van der Waals surface area contributed by atoms with Crippen LogP contribution < -0.4 is 10.9 Å². The van der Waals surface area contributed by atoms with Crippen LogP contribution in [0.5, 0.6) is 5.75 Å². The number of hydrogen-bond donors (Lipinski definition) is 2. The second-order valence-corrected chi connectivity index (χ2v) is 5.39. The van der Waals surface area contributed by atoms with Crippen molar-refractivity contribution in [1.82, 2.24) is 9.38 Å². The second kappa shape index (κ2) is 5.57. The summed E-state index contributed by atoms with van der Waals surface area (Å²) in [6.07, 6.45) is 2.87. The number of fused-ring (bicyclic) bond motifs is 1. The fourth-order valence-corrected chi connectivity index (χ4v) is 2.28. The molecule has 0 aliphatic rings. The van der Waals surface area contributed by atoms with Gasteiger partial charge in [-0.05, 0) is 43.2 Å². The smallest absolute Gasteiger partial charge is 0.270 e. The zero-order valence-electron chi connectivity index (χ0n) is 12.7. The Hall–Kier alpha value is -3.15. The first-order chi connectivity index (χ1) is 11.0. The van der Waals surface area contributed by atoms with Crippen LogP contribution in [0.1, 0.15) is 21.5 Å². The summed E-state index contributed by atoms with van der Waals surface area (Å²) in [6.45, 7) is 3.68. The summed E-state index contributed by atoms with van der Waals surface area (Å²) >= 11 is 0. The highest BCUT2D eigenvalue weighted by atomic mass is 16.3. The molecule has 2 N–H and O–H groups in total. The van der Waals surface area contributed by atoms with E-state index in [1.54, 1.807) is 24.4 Å². The molecule has 0 spiro atoms. The molecule has 23 heavy (non-hydrogen) atoms. The molecule has 116 valence electrons. The number of amides is 1. The zero-order valence-corrected chi connectivity index (χ0v) is 12.7. The molecule has 0 saturated heterocycles. The maximum Gasteiger partial charge on any atom is 0.270 e. The summed E-state index contributed by atoms with van der Waals surface area (Å²) < 4.78 is 1.33. The van der Waals surface area contributed by atoms with E-state index >= 15 is 0 Å². The molecule has 0 aliphatic heterocycles. The van der Waals surface area contributed by atoms with Crippen molar-refractivity contribution in [3.63, 3.8) is 0 Å². The largest absolute Gasteiger partial charge is 0.506 e. The van der Waals surface area contributed by atoms with Gasteiger partial charge >= 0.3 is 0 Å². The Morgan fingerprint density at radius 3 is 2.65 bits per heavy atom. The van der Waals surface area contributed by atoms with Crippen LogP contribution >= 0.6 is 0 Å². The molecule has 1 aromatic carbocycles. The SMILES string of the molecule is Cc1ccc(NC(=O)c2cnc3ccc(C)cn3c2=O)c(O)c1. The normalized spacial score (nSPS) is 10.7. The van der Waals surface area contributed by atoms with Gasteiger partial charge in [0.25, 0.3) is 11.5 Å². The van der Waals surface area contributed by atoms with Crippen molar-refractivity contribution in [2.24, 2.45) is 0 Å². The summed E-state index contributed by atoms with van der Waals surface area (Å²) in [7, 11) is 0. The summed E-state index contributed by atoms with van der Waals surface area (Å²) in [5, 5.41) is 12.4. The predicted octanol–water partition coefficient (Wildman–Crippen LogP) is 2.27. The van der Waals surface area contributed by atoms with Crippen molar-refractivity contribution in [2.45, 2.75) is 13.8 Å². The summed E-state index contributed by atoms with van der Waals surface area (Å²) in [4.78, 5) is 28.9. The Morgan fingerprint density at radius 2 is 1.91 bits per heavy atom. The highest BCUT2D eigenvalue weighted by Crippen LogP contribution is 2.24. The molecule has 6 heteroatoms.